The van der Waals surface area contributed by atoms with Gasteiger partial charge < -0.3 is 20.4 Å². The van der Waals surface area contributed by atoms with Gasteiger partial charge in [-0.2, -0.15) is 70.2 Å². The van der Waals surface area contributed by atoms with Gasteiger partial charge in [-0.25, -0.2) is 8.78 Å². The van der Waals surface area contributed by atoms with Gasteiger partial charge in [0.05, 0.1) is 12.1 Å². The summed E-state index contributed by atoms with van der Waals surface area (Å²) >= 11 is 0. The van der Waals surface area contributed by atoms with E-state index in [1.165, 1.54) is 11.1 Å². The van der Waals surface area contributed by atoms with Crippen LogP contribution >= 0.6 is 0 Å². The molecule has 70 heavy (non-hydrogen) atoms. The molecule has 0 saturated heterocycles. The molecule has 0 bridgehead atoms. The topological polar surface area (TPSA) is 106 Å². The maximum absolute atomic E-state index is 12.1. The summed E-state index contributed by atoms with van der Waals surface area (Å²) in [6, 6.07) is 8.53. The minimum absolute atomic E-state index is 0. The Morgan fingerprint density at radius 2 is 0.643 bits per heavy atom. The van der Waals surface area contributed by atoms with Gasteiger partial charge in [0.2, 0.25) is 0 Å². The molecular weight excluding hydrogens is 1080 g/mol. The Labute approximate surface area is 414 Å². The van der Waals surface area contributed by atoms with Gasteiger partial charge >= 0.3 is 81.8 Å². The molecule has 1 aliphatic carbocycles. The number of benzene rings is 2. The molecule has 2 aromatic carbocycles. The monoisotopic (exact) mass is 1140 g/mol. The van der Waals surface area contributed by atoms with E-state index in [1.807, 2.05) is 12.4 Å². The van der Waals surface area contributed by atoms with Gasteiger partial charge in [0.1, 0.15) is 11.5 Å². The van der Waals surface area contributed by atoms with E-state index in [0.29, 0.717) is 11.5 Å². The number of hydrogen-bond acceptors (Lipinski definition) is 6. The first kappa shape index (κ1) is 69.1. The second-order valence-electron chi connectivity index (χ2n) is 20.3. The van der Waals surface area contributed by atoms with E-state index < -0.39 is 48.3 Å². The number of aliphatic hydroxyl groups is 2. The van der Waals surface area contributed by atoms with Crippen LogP contribution in [0.2, 0.25) is 0 Å². The van der Waals surface area contributed by atoms with Crippen LogP contribution in [0.4, 0.5) is 79.0 Å². The van der Waals surface area contributed by atoms with Crippen LogP contribution in [0, 0.1) is 0 Å². The van der Waals surface area contributed by atoms with E-state index in [2.05, 4.69) is 107 Å². The van der Waals surface area contributed by atoms with Crippen LogP contribution in [0.25, 0.3) is 0 Å². The normalized spacial score (nSPS) is 17.5. The number of phenols is 2. The fourth-order valence-corrected chi connectivity index (χ4v) is 6.32. The number of hydrogen-bond donors (Lipinski definition) is 4. The van der Waals surface area contributed by atoms with Crippen molar-refractivity contribution in [2.24, 2.45) is 9.98 Å². The molecule has 2 atom stereocenters. The standard InChI is InChI=1S/C36H54N2O2.2C4HF9O.2Co/c1-33(2,3)25-17-23(31(39)27(19-25)35(7,8)9)21-37-29-15-13-14-16-30(29)38-22-24-18-26(34(4,5)6)20-28(32(24)40)36(10,11)12;2*5-1(2(6,7)8,3(9,10)11)4(12,13)14;;/h17-22,29-30,39-40H,13-16H2,1-12H3;2*14H;;/q;;;2*+3. The van der Waals surface area contributed by atoms with Crippen molar-refractivity contribution in [1.29, 1.82) is 0 Å². The van der Waals surface area contributed by atoms with Crippen molar-refractivity contribution in [3.05, 3.63) is 57.6 Å². The van der Waals surface area contributed by atoms with Crippen molar-refractivity contribution in [2.75, 3.05) is 0 Å². The SMILES string of the molecule is CC(C)(C)c1cc(C=NC2CCCCC2N=Cc2cc(C(C)(C)C)cc(C(C)(C)C)c2O)c(O)c(C(C)(C)C)c1.OC(F)(F)C(F)(C(F)(F)F)C(F)(F)F.OC(F)(F)C(F)(C(F)(F)F)C(F)(F)F.[Co+3].[Co+3]. The molecule has 404 valence electrons. The van der Waals surface area contributed by atoms with Crippen LogP contribution in [-0.4, -0.2) is 93.2 Å². The van der Waals surface area contributed by atoms with Crippen molar-refractivity contribution in [2.45, 2.75) is 191 Å². The maximum atomic E-state index is 12.1. The maximum Gasteiger partial charge on any atom is 3.00 e. The molecule has 4 N–H and O–H groups in total. The van der Waals surface area contributed by atoms with Crippen molar-refractivity contribution < 1.29 is 133 Å². The molecule has 0 radical (unpaired) electrons. The molecular formula is C44H56Co2F18N2O4+6. The first-order valence-electron chi connectivity index (χ1n) is 20.4. The molecule has 2 unspecified atom stereocenters. The first-order valence-corrected chi connectivity index (χ1v) is 20.4. The van der Waals surface area contributed by atoms with Crippen LogP contribution in [-0.2, 0) is 55.2 Å². The fraction of sp³-hybridized carbons (Fsp3) is 0.682. The Bertz CT molecular complexity index is 1860. The number of nitrogens with zero attached hydrogens (tertiary/aromatic N) is 2. The van der Waals surface area contributed by atoms with Gasteiger partial charge in [0.25, 0.3) is 0 Å². The van der Waals surface area contributed by atoms with Crippen LogP contribution in [0.1, 0.15) is 142 Å². The smallest absolute Gasteiger partial charge is 0.507 e. The molecule has 0 aromatic heterocycles. The summed E-state index contributed by atoms with van der Waals surface area (Å²) in [5.74, 6) is 0.637. The molecule has 0 amide bonds. The third-order valence-electron chi connectivity index (χ3n) is 10.5. The largest absolute Gasteiger partial charge is 3.00 e. The Balaban J connectivity index is 0. The van der Waals surface area contributed by atoms with Crippen molar-refractivity contribution in [1.82, 2.24) is 0 Å². The van der Waals surface area contributed by atoms with E-state index in [9.17, 15) is 89.2 Å². The molecule has 0 aliphatic heterocycles. The van der Waals surface area contributed by atoms with Gasteiger partial charge in [-0.1, -0.05) is 108 Å². The summed E-state index contributed by atoms with van der Waals surface area (Å²) in [5, 5.41) is 37.0. The number of halogens is 18. The van der Waals surface area contributed by atoms with Gasteiger partial charge in [-0.05, 0) is 57.8 Å². The fourth-order valence-electron chi connectivity index (χ4n) is 6.32. The molecule has 1 fully saturated rings. The van der Waals surface area contributed by atoms with Crippen molar-refractivity contribution in [3.8, 4) is 11.5 Å². The van der Waals surface area contributed by atoms with E-state index in [1.54, 1.807) is 0 Å². The second-order valence-corrected chi connectivity index (χ2v) is 20.3. The average Bonchev–Trinajstić information content (AvgIpc) is 3.09. The number of aromatic hydroxyl groups is 2. The predicted molar refractivity (Wildman–Crippen MR) is 218 cm³/mol. The van der Waals surface area contributed by atoms with E-state index in [0.717, 1.165) is 47.9 Å². The number of phenolic OH excluding ortho intramolecular Hbond substituents is 2. The molecule has 0 heterocycles. The van der Waals surface area contributed by atoms with Crippen LogP contribution in [0.15, 0.2) is 34.3 Å². The molecule has 26 heteroatoms. The number of rotatable bonds is 6. The molecule has 3 rings (SSSR count). The first-order chi connectivity index (χ1) is 29.7. The third-order valence-corrected chi connectivity index (χ3v) is 10.5. The van der Waals surface area contributed by atoms with Gasteiger partial charge in [0.15, 0.2) is 0 Å². The van der Waals surface area contributed by atoms with Crippen molar-refractivity contribution >= 4 is 12.4 Å². The van der Waals surface area contributed by atoms with Crippen LogP contribution < -0.4 is 0 Å². The van der Waals surface area contributed by atoms with E-state index in [4.69, 9.17) is 20.2 Å². The van der Waals surface area contributed by atoms with Crippen LogP contribution in [0.5, 0.6) is 11.5 Å². The summed E-state index contributed by atoms with van der Waals surface area (Å²) in [6.07, 6.45) is -33.2. The van der Waals surface area contributed by atoms with Gasteiger partial charge in [-0.15, -0.1) is 0 Å². The average molecular weight is 1140 g/mol. The molecule has 2 aromatic rings. The molecule has 6 nitrogen and oxygen atoms in total. The summed E-state index contributed by atoms with van der Waals surface area (Å²) in [4.78, 5) is 10.1. The van der Waals surface area contributed by atoms with Crippen molar-refractivity contribution in [3.63, 3.8) is 0 Å². The van der Waals surface area contributed by atoms with Gasteiger partial charge in [-0.3, -0.25) is 9.98 Å². The summed E-state index contributed by atoms with van der Waals surface area (Å²) < 4.78 is 206. The summed E-state index contributed by atoms with van der Waals surface area (Å²) in [5.41, 5.74) is -8.54. The Hall–Kier alpha value is -2.95. The second kappa shape index (κ2) is 22.7. The molecule has 1 saturated carbocycles. The quantitative estimate of drug-likeness (QED) is 0.171. The minimum Gasteiger partial charge on any atom is -0.507 e. The zero-order valence-corrected chi connectivity index (χ0v) is 41.7. The Morgan fingerprint density at radius 3 is 0.800 bits per heavy atom. The summed E-state index contributed by atoms with van der Waals surface area (Å²) in [6.45, 7) is 26.0. The Kier molecular flexibility index (Phi) is 22.4. The third kappa shape index (κ3) is 16.3. The minimum atomic E-state index is -6.97. The summed E-state index contributed by atoms with van der Waals surface area (Å²) in [7, 11) is 0. The van der Waals surface area contributed by atoms with Crippen LogP contribution in [0.3, 0.4) is 0 Å². The molecule has 0 spiro atoms. The van der Waals surface area contributed by atoms with E-state index in [-0.39, 0.29) is 67.3 Å². The molecule has 1 aliphatic rings. The van der Waals surface area contributed by atoms with Gasteiger partial charge in [0, 0.05) is 34.7 Å². The Morgan fingerprint density at radius 1 is 0.414 bits per heavy atom. The number of alkyl halides is 18. The van der Waals surface area contributed by atoms with E-state index >= 15 is 0 Å². The zero-order chi connectivity index (χ0) is 54.3. The zero-order valence-electron chi connectivity index (χ0n) is 39.6. The number of aliphatic imine (C=N–C) groups is 2. The predicted octanol–water partition coefficient (Wildman–Crippen LogP) is 13.9.